The van der Waals surface area contributed by atoms with E-state index in [1.165, 1.54) is 11.8 Å². The van der Waals surface area contributed by atoms with E-state index in [-0.39, 0.29) is 37.7 Å². The third-order valence-corrected chi connectivity index (χ3v) is 10.7. The van der Waals surface area contributed by atoms with Gasteiger partial charge in [-0.25, -0.2) is 4.79 Å². The van der Waals surface area contributed by atoms with Gasteiger partial charge < -0.3 is 34.8 Å². The van der Waals surface area contributed by atoms with Gasteiger partial charge in [0.2, 0.25) is 0 Å². The Kier molecular flexibility index (Phi) is 12.8. The number of ether oxygens (including phenoxy) is 2. The number of aliphatic carboxylic acids is 2. The van der Waals surface area contributed by atoms with E-state index in [1.54, 1.807) is 24.4 Å². The summed E-state index contributed by atoms with van der Waals surface area (Å²) in [6.45, 7) is 2.59. The lowest BCUT2D eigenvalue weighted by Crippen LogP contribution is -2.41. The Bertz CT molecular complexity index is 2100. The Morgan fingerprint density at radius 2 is 1.76 bits per heavy atom. The molecule has 1 fully saturated rings. The van der Waals surface area contributed by atoms with E-state index in [2.05, 4.69) is 27.3 Å². The number of carbonyl (C=O) groups is 2. The maximum Gasteiger partial charge on any atom is 0.337 e. The van der Waals surface area contributed by atoms with Crippen molar-refractivity contribution in [3.8, 4) is 28.7 Å². The minimum absolute atomic E-state index is 0.0195. The number of fused-ring (bicyclic) bond motifs is 1. The molecule has 0 radical (unpaired) electrons. The first-order chi connectivity index (χ1) is 26.5. The normalized spacial score (nSPS) is 17.1. The summed E-state index contributed by atoms with van der Waals surface area (Å²) in [5.41, 5.74) is 4.84. The van der Waals surface area contributed by atoms with Crippen molar-refractivity contribution < 1.29 is 39.5 Å². The molecule has 5 N–H and O–H groups in total. The lowest BCUT2D eigenvalue weighted by atomic mass is 9.96. The van der Waals surface area contributed by atoms with Gasteiger partial charge in [0.25, 0.3) is 0 Å². The molecule has 6 rings (SSSR count). The van der Waals surface area contributed by atoms with Crippen molar-refractivity contribution in [2.75, 3.05) is 44.2 Å². The van der Waals surface area contributed by atoms with Crippen molar-refractivity contribution in [2.24, 2.45) is 0 Å². The molecule has 3 heterocycles. The molecule has 2 atom stereocenters. The van der Waals surface area contributed by atoms with E-state index in [0.717, 1.165) is 48.3 Å². The highest BCUT2D eigenvalue weighted by Crippen LogP contribution is 2.41. The SMILES string of the molecule is N#Cc1cncc(COc2cc(OCc3cccc(-c4cccc5c4CCN5CCCN4CCC(O)(C(=O)O)C4)c3Cl)c(Cl)cc2CN[C@@H](CO)C(=O)O)c1. The van der Waals surface area contributed by atoms with Gasteiger partial charge in [-0.2, -0.15) is 5.26 Å². The highest BCUT2D eigenvalue weighted by atomic mass is 35.5. The Balaban J connectivity index is 1.16. The van der Waals surface area contributed by atoms with Crippen LogP contribution in [-0.4, -0.2) is 93.2 Å². The molecular formula is C40H41Cl2N5O8. The summed E-state index contributed by atoms with van der Waals surface area (Å²) in [6.07, 6.45) is 4.93. The minimum Gasteiger partial charge on any atom is -0.488 e. The number of nitrogens with one attached hydrogen (secondary N) is 1. The van der Waals surface area contributed by atoms with Crippen LogP contribution in [0.1, 0.15) is 40.7 Å². The maximum atomic E-state index is 11.5. The number of aliphatic hydroxyl groups excluding tert-OH is 1. The molecule has 3 aromatic carbocycles. The van der Waals surface area contributed by atoms with Crippen LogP contribution < -0.4 is 19.7 Å². The fraction of sp³-hybridized carbons (Fsp3) is 0.350. The van der Waals surface area contributed by atoms with Gasteiger partial charge in [0.15, 0.2) is 5.60 Å². The molecular weight excluding hydrogens is 749 g/mol. The number of nitrogens with zero attached hydrogens (tertiary/aromatic N) is 4. The number of hydrogen-bond acceptors (Lipinski definition) is 11. The Hall–Kier alpha value is -4.94. The van der Waals surface area contributed by atoms with E-state index in [0.29, 0.717) is 46.3 Å². The van der Waals surface area contributed by atoms with Gasteiger partial charge in [0, 0.05) is 85.5 Å². The van der Waals surface area contributed by atoms with Crippen LogP contribution in [0, 0.1) is 11.3 Å². The molecule has 55 heavy (non-hydrogen) atoms. The fourth-order valence-electron chi connectivity index (χ4n) is 6.97. The van der Waals surface area contributed by atoms with Crippen LogP contribution in [0.25, 0.3) is 11.1 Å². The van der Waals surface area contributed by atoms with Crippen molar-refractivity contribution in [1.29, 1.82) is 5.26 Å². The molecule has 15 heteroatoms. The Morgan fingerprint density at radius 1 is 0.982 bits per heavy atom. The molecule has 1 aromatic heterocycles. The van der Waals surface area contributed by atoms with Crippen molar-refractivity contribution in [3.05, 3.63) is 105 Å². The number of rotatable bonds is 17. The summed E-state index contributed by atoms with van der Waals surface area (Å²) in [5, 5.41) is 51.4. The van der Waals surface area contributed by atoms with Crippen LogP contribution in [0.5, 0.6) is 11.5 Å². The van der Waals surface area contributed by atoms with E-state index in [1.807, 2.05) is 35.2 Å². The fourth-order valence-corrected chi connectivity index (χ4v) is 7.50. The second-order valence-electron chi connectivity index (χ2n) is 13.7. The van der Waals surface area contributed by atoms with Crippen molar-refractivity contribution in [2.45, 2.75) is 50.7 Å². The van der Waals surface area contributed by atoms with Crippen LogP contribution in [0.15, 0.2) is 67.0 Å². The predicted molar refractivity (Wildman–Crippen MR) is 205 cm³/mol. The van der Waals surface area contributed by atoms with Crippen LogP contribution >= 0.6 is 23.2 Å². The molecule has 4 aromatic rings. The smallest absolute Gasteiger partial charge is 0.337 e. The topological polar surface area (TPSA) is 189 Å². The molecule has 0 aliphatic carbocycles. The number of nitriles is 1. The van der Waals surface area contributed by atoms with E-state index >= 15 is 0 Å². The summed E-state index contributed by atoms with van der Waals surface area (Å²) in [5.74, 6) is -1.72. The molecule has 1 saturated heterocycles. The first kappa shape index (κ1) is 39.7. The predicted octanol–water partition coefficient (Wildman–Crippen LogP) is 4.89. The number of anilines is 1. The van der Waals surface area contributed by atoms with Crippen LogP contribution in [0.4, 0.5) is 5.69 Å². The van der Waals surface area contributed by atoms with Gasteiger partial charge in [-0.3, -0.25) is 20.0 Å². The molecule has 0 amide bonds. The van der Waals surface area contributed by atoms with Crippen LogP contribution in [-0.2, 0) is 35.8 Å². The van der Waals surface area contributed by atoms with Gasteiger partial charge in [0.05, 0.1) is 22.2 Å². The Morgan fingerprint density at radius 3 is 2.51 bits per heavy atom. The number of pyridine rings is 1. The van der Waals surface area contributed by atoms with Crippen LogP contribution in [0.3, 0.4) is 0 Å². The number of halogens is 2. The van der Waals surface area contributed by atoms with Crippen molar-refractivity contribution >= 4 is 40.8 Å². The largest absolute Gasteiger partial charge is 0.488 e. The minimum atomic E-state index is -1.67. The first-order valence-electron chi connectivity index (χ1n) is 17.8. The molecule has 0 spiro atoms. The second-order valence-corrected chi connectivity index (χ2v) is 14.4. The van der Waals surface area contributed by atoms with Gasteiger partial charge in [-0.05, 0) is 48.7 Å². The number of aliphatic hydroxyl groups is 2. The first-order valence-corrected chi connectivity index (χ1v) is 18.6. The zero-order valence-electron chi connectivity index (χ0n) is 29.9. The third kappa shape index (κ3) is 9.30. The average molecular weight is 791 g/mol. The average Bonchev–Trinajstić information content (AvgIpc) is 3.78. The molecule has 1 unspecified atom stereocenters. The number of carboxylic acids is 2. The van der Waals surface area contributed by atoms with Crippen molar-refractivity contribution in [1.82, 2.24) is 15.2 Å². The van der Waals surface area contributed by atoms with Gasteiger partial charge in [-0.1, -0.05) is 53.5 Å². The zero-order valence-corrected chi connectivity index (χ0v) is 31.4. The molecule has 2 aliphatic rings. The molecule has 13 nitrogen and oxygen atoms in total. The quantitative estimate of drug-likeness (QED) is 0.0974. The lowest BCUT2D eigenvalue weighted by molar-refractivity contribution is -0.157. The summed E-state index contributed by atoms with van der Waals surface area (Å²) < 4.78 is 12.3. The molecule has 0 bridgehead atoms. The standard InChI is InChI=1S/C40H41Cl2N5O8/c41-32-15-28(20-45-33(21-48)38(49)50)35(54-22-26-14-25(17-43)18-44-19-26)16-36(32)55-23-27-4-1-6-31(37(27)42)29-5-2-7-34-30(29)8-12-47(34)11-3-10-46-13-9-40(53,24-46)39(51)52/h1-2,4-7,14-16,18-19,33,45,48,53H,3,8-13,20-24H2,(H,49,50)(H,51,52)/t33-,40?/m0/s1. The van der Waals surface area contributed by atoms with Gasteiger partial charge in [-0.15, -0.1) is 0 Å². The second kappa shape index (κ2) is 17.7. The van der Waals surface area contributed by atoms with Gasteiger partial charge >= 0.3 is 11.9 Å². The summed E-state index contributed by atoms with van der Waals surface area (Å²) in [7, 11) is 0. The van der Waals surface area contributed by atoms with Crippen LogP contribution in [0.2, 0.25) is 10.0 Å². The number of hydrogen-bond donors (Lipinski definition) is 5. The number of carboxylic acid groups (broad SMARTS) is 2. The van der Waals surface area contributed by atoms with E-state index in [4.69, 9.17) is 32.7 Å². The summed E-state index contributed by atoms with van der Waals surface area (Å²) >= 11 is 13.8. The third-order valence-electron chi connectivity index (χ3n) is 9.96. The van der Waals surface area contributed by atoms with Crippen molar-refractivity contribution in [3.63, 3.8) is 0 Å². The number of benzene rings is 3. The monoisotopic (exact) mass is 789 g/mol. The number of likely N-dealkylation sites (tertiary alicyclic amines) is 1. The zero-order chi connectivity index (χ0) is 39.1. The molecule has 288 valence electrons. The van der Waals surface area contributed by atoms with E-state index in [9.17, 15) is 35.3 Å². The molecule has 2 aliphatic heterocycles. The number of β-amino-alcohol motifs (C(OH)–C–C–N with tert-alkyl or cyclic N) is 1. The van der Waals surface area contributed by atoms with Gasteiger partial charge in [0.1, 0.15) is 36.8 Å². The van der Waals surface area contributed by atoms with E-state index < -0.39 is 30.2 Å². The summed E-state index contributed by atoms with van der Waals surface area (Å²) in [4.78, 5) is 31.3. The number of aromatic nitrogens is 1. The highest BCUT2D eigenvalue weighted by Gasteiger charge is 2.42. The summed E-state index contributed by atoms with van der Waals surface area (Å²) in [6, 6.07) is 17.7. The lowest BCUT2D eigenvalue weighted by Gasteiger charge is -2.23. The Labute approximate surface area is 328 Å². The molecule has 0 saturated carbocycles. The maximum absolute atomic E-state index is 11.5. The highest BCUT2D eigenvalue weighted by molar-refractivity contribution is 6.34.